The average molecular weight is 382 g/mol. The van der Waals surface area contributed by atoms with Gasteiger partial charge in [-0.3, -0.25) is 10.1 Å². The molecule has 2 aromatic rings. The van der Waals surface area contributed by atoms with E-state index in [0.29, 0.717) is 13.1 Å². The highest BCUT2D eigenvalue weighted by molar-refractivity contribution is 5.93. The summed E-state index contributed by atoms with van der Waals surface area (Å²) in [6.45, 7) is 2.35. The predicted molar refractivity (Wildman–Crippen MR) is 89.2 cm³/mol. The monoisotopic (exact) mass is 382 g/mol. The van der Waals surface area contributed by atoms with Crippen molar-refractivity contribution in [3.63, 3.8) is 0 Å². The standard InChI is InChI=1S/C16H17F3N6O2/c1-10-14(26)23(2)8-9-24(10)15(27)21-12-5-7-25(22-12)13-11(16(17,18)19)4-3-6-20-13/h3-7,10H,8-9H2,1-2H3,(H,21,22,27). The van der Waals surface area contributed by atoms with Crippen molar-refractivity contribution in [3.05, 3.63) is 36.2 Å². The van der Waals surface area contributed by atoms with Crippen LogP contribution in [0.4, 0.5) is 23.8 Å². The van der Waals surface area contributed by atoms with Gasteiger partial charge >= 0.3 is 12.2 Å². The molecular formula is C16H17F3N6O2. The Morgan fingerprint density at radius 3 is 2.74 bits per heavy atom. The molecule has 0 aliphatic carbocycles. The topological polar surface area (TPSA) is 83.4 Å². The Morgan fingerprint density at radius 2 is 2.04 bits per heavy atom. The number of amides is 3. The molecule has 1 fully saturated rings. The van der Waals surface area contributed by atoms with E-state index in [1.807, 2.05) is 0 Å². The second kappa shape index (κ2) is 6.89. The van der Waals surface area contributed by atoms with E-state index in [1.165, 1.54) is 34.3 Å². The molecule has 1 atom stereocenters. The summed E-state index contributed by atoms with van der Waals surface area (Å²) in [5.74, 6) is -0.531. The number of hydrogen-bond acceptors (Lipinski definition) is 4. The molecule has 1 aliphatic heterocycles. The van der Waals surface area contributed by atoms with Crippen LogP contribution < -0.4 is 5.32 Å². The summed E-state index contributed by atoms with van der Waals surface area (Å²) in [7, 11) is 1.65. The fourth-order valence-electron chi connectivity index (χ4n) is 2.78. The number of piperazine rings is 1. The van der Waals surface area contributed by atoms with Gasteiger partial charge in [0.05, 0.1) is 0 Å². The quantitative estimate of drug-likeness (QED) is 0.861. The Morgan fingerprint density at radius 1 is 1.30 bits per heavy atom. The molecule has 1 N–H and O–H groups in total. The molecule has 3 heterocycles. The molecule has 0 spiro atoms. The fraction of sp³-hybridized carbons (Fsp3) is 0.375. The lowest BCUT2D eigenvalue weighted by Gasteiger charge is -2.37. The summed E-state index contributed by atoms with van der Waals surface area (Å²) < 4.78 is 40.3. The maximum atomic E-state index is 13.1. The Balaban J connectivity index is 1.78. The zero-order valence-electron chi connectivity index (χ0n) is 14.6. The maximum absolute atomic E-state index is 13.1. The smallest absolute Gasteiger partial charge is 0.342 e. The third-order valence-electron chi connectivity index (χ3n) is 4.27. The van der Waals surface area contributed by atoms with Crippen molar-refractivity contribution in [2.45, 2.75) is 19.1 Å². The highest BCUT2D eigenvalue weighted by Gasteiger charge is 2.35. The Labute approximate surface area is 152 Å². The van der Waals surface area contributed by atoms with Crippen LogP contribution in [-0.2, 0) is 11.0 Å². The van der Waals surface area contributed by atoms with Gasteiger partial charge in [-0.1, -0.05) is 0 Å². The number of nitrogens with one attached hydrogen (secondary N) is 1. The summed E-state index contributed by atoms with van der Waals surface area (Å²) in [5, 5.41) is 6.45. The van der Waals surface area contributed by atoms with Crippen molar-refractivity contribution >= 4 is 17.8 Å². The van der Waals surface area contributed by atoms with Crippen LogP contribution in [0.15, 0.2) is 30.6 Å². The molecule has 1 saturated heterocycles. The van der Waals surface area contributed by atoms with Crippen LogP contribution in [0.5, 0.6) is 0 Å². The third kappa shape index (κ3) is 3.71. The molecule has 3 rings (SSSR count). The van der Waals surface area contributed by atoms with E-state index in [-0.39, 0.29) is 11.7 Å². The van der Waals surface area contributed by atoms with Gasteiger partial charge < -0.3 is 9.80 Å². The number of urea groups is 1. The lowest BCUT2D eigenvalue weighted by atomic mass is 10.2. The number of rotatable bonds is 2. The second-order valence-corrected chi connectivity index (χ2v) is 6.08. The Bertz CT molecular complexity index is 866. The highest BCUT2D eigenvalue weighted by atomic mass is 19.4. The molecule has 8 nitrogen and oxygen atoms in total. The van der Waals surface area contributed by atoms with Crippen molar-refractivity contribution in [1.82, 2.24) is 24.6 Å². The van der Waals surface area contributed by atoms with Crippen LogP contribution in [0.3, 0.4) is 0 Å². The molecule has 27 heavy (non-hydrogen) atoms. The maximum Gasteiger partial charge on any atom is 0.420 e. The number of carbonyl (C=O) groups excluding carboxylic acids is 2. The van der Waals surface area contributed by atoms with Crippen LogP contribution >= 0.6 is 0 Å². The number of halogens is 3. The van der Waals surface area contributed by atoms with Gasteiger partial charge in [0, 0.05) is 38.6 Å². The minimum absolute atomic E-state index is 0.0531. The Hall–Kier alpha value is -3.11. The zero-order chi connectivity index (χ0) is 19.8. The fourth-order valence-corrected chi connectivity index (χ4v) is 2.78. The number of hydrogen-bond donors (Lipinski definition) is 1. The molecule has 1 aliphatic rings. The summed E-state index contributed by atoms with van der Waals surface area (Å²) >= 11 is 0. The van der Waals surface area contributed by atoms with E-state index in [4.69, 9.17) is 0 Å². The van der Waals surface area contributed by atoms with Gasteiger partial charge in [-0.2, -0.15) is 13.2 Å². The summed E-state index contributed by atoms with van der Waals surface area (Å²) in [4.78, 5) is 31.0. The number of carbonyl (C=O) groups is 2. The number of likely N-dealkylation sites (N-methyl/N-ethyl adjacent to an activating group) is 1. The number of alkyl halides is 3. The van der Waals surface area contributed by atoms with Gasteiger partial charge in [0.1, 0.15) is 11.6 Å². The van der Waals surface area contributed by atoms with Crippen molar-refractivity contribution in [2.75, 3.05) is 25.5 Å². The predicted octanol–water partition coefficient (Wildman–Crippen LogP) is 1.98. The van der Waals surface area contributed by atoms with Gasteiger partial charge in [-0.05, 0) is 19.1 Å². The van der Waals surface area contributed by atoms with E-state index in [2.05, 4.69) is 15.4 Å². The van der Waals surface area contributed by atoms with Crippen molar-refractivity contribution < 1.29 is 22.8 Å². The second-order valence-electron chi connectivity index (χ2n) is 6.08. The van der Waals surface area contributed by atoms with Crippen molar-refractivity contribution in [3.8, 4) is 5.82 Å². The first kappa shape index (κ1) is 18.7. The van der Waals surface area contributed by atoms with E-state index < -0.39 is 29.6 Å². The number of pyridine rings is 1. The summed E-state index contributed by atoms with van der Waals surface area (Å²) in [6, 6.07) is 2.25. The molecule has 1 unspecified atom stereocenters. The van der Waals surface area contributed by atoms with Gasteiger partial charge in [-0.15, -0.1) is 5.10 Å². The van der Waals surface area contributed by atoms with Crippen LogP contribution in [-0.4, -0.2) is 62.7 Å². The molecule has 0 saturated carbocycles. The minimum Gasteiger partial charge on any atom is -0.342 e. The SMILES string of the molecule is CC1C(=O)N(C)CCN1C(=O)Nc1ccn(-c2ncccc2C(F)(F)F)n1. The average Bonchev–Trinajstić information content (AvgIpc) is 3.07. The van der Waals surface area contributed by atoms with Gasteiger partial charge in [0.25, 0.3) is 0 Å². The van der Waals surface area contributed by atoms with Crippen LogP contribution in [0, 0.1) is 0 Å². The number of aromatic nitrogens is 3. The largest absolute Gasteiger partial charge is 0.420 e. The highest BCUT2D eigenvalue weighted by Crippen LogP contribution is 2.32. The molecule has 3 amide bonds. The van der Waals surface area contributed by atoms with Gasteiger partial charge in [0.15, 0.2) is 11.6 Å². The lowest BCUT2D eigenvalue weighted by molar-refractivity contribution is -0.138. The van der Waals surface area contributed by atoms with Gasteiger partial charge in [-0.25, -0.2) is 14.5 Å². The zero-order valence-corrected chi connectivity index (χ0v) is 14.6. The first-order chi connectivity index (χ1) is 12.7. The Kier molecular flexibility index (Phi) is 4.77. The normalized spacial score (nSPS) is 18.0. The third-order valence-corrected chi connectivity index (χ3v) is 4.27. The van der Waals surface area contributed by atoms with Crippen molar-refractivity contribution in [1.29, 1.82) is 0 Å². The molecule has 144 valence electrons. The number of anilines is 1. The van der Waals surface area contributed by atoms with Gasteiger partial charge in [0.2, 0.25) is 5.91 Å². The molecule has 11 heteroatoms. The van der Waals surface area contributed by atoms with E-state index in [1.54, 1.807) is 14.0 Å². The van der Waals surface area contributed by atoms with Crippen LogP contribution in [0.1, 0.15) is 12.5 Å². The summed E-state index contributed by atoms with van der Waals surface area (Å²) in [6.07, 6.45) is -2.09. The van der Waals surface area contributed by atoms with Crippen LogP contribution in [0.2, 0.25) is 0 Å². The summed E-state index contributed by atoms with van der Waals surface area (Å²) in [5.41, 5.74) is -0.940. The van der Waals surface area contributed by atoms with Crippen LogP contribution in [0.25, 0.3) is 5.82 Å². The molecule has 0 bridgehead atoms. The lowest BCUT2D eigenvalue weighted by Crippen LogP contribution is -2.57. The minimum atomic E-state index is -4.59. The molecular weight excluding hydrogens is 365 g/mol. The number of nitrogens with zero attached hydrogens (tertiary/aromatic N) is 5. The molecule has 0 aromatic carbocycles. The molecule has 2 aromatic heterocycles. The van der Waals surface area contributed by atoms with E-state index >= 15 is 0 Å². The first-order valence-corrected chi connectivity index (χ1v) is 8.09. The van der Waals surface area contributed by atoms with E-state index in [0.717, 1.165) is 10.7 Å². The molecule has 0 radical (unpaired) electrons. The van der Waals surface area contributed by atoms with E-state index in [9.17, 15) is 22.8 Å². The first-order valence-electron chi connectivity index (χ1n) is 8.09. The van der Waals surface area contributed by atoms with Crippen molar-refractivity contribution in [2.24, 2.45) is 0 Å².